The number of aliphatic hydroxyl groups excluding tert-OH is 1. The van der Waals surface area contributed by atoms with Crippen LogP contribution in [-0.4, -0.2) is 16.6 Å². The number of halogens is 1. The number of hydrogen-bond donors (Lipinski definition) is 2. The van der Waals surface area contributed by atoms with Crippen molar-refractivity contribution in [1.29, 1.82) is 0 Å². The molecule has 1 aromatic rings. The monoisotopic (exact) mass is 284 g/mol. The zero-order valence-corrected chi connectivity index (χ0v) is 10.8. The van der Waals surface area contributed by atoms with E-state index in [9.17, 15) is 5.11 Å². The van der Waals surface area contributed by atoms with E-state index in [0.29, 0.717) is 6.54 Å². The molecule has 0 spiro atoms. The summed E-state index contributed by atoms with van der Waals surface area (Å²) in [6.07, 6.45) is 7.30. The number of rotatable bonds is 3. The fourth-order valence-electron chi connectivity index (χ4n) is 2.60. The summed E-state index contributed by atoms with van der Waals surface area (Å²) in [7, 11) is 0. The van der Waals surface area contributed by atoms with Gasteiger partial charge in [-0.05, 0) is 34.8 Å². The molecule has 1 aliphatic carbocycles. The molecular formula is C12H17BrN2O. The van der Waals surface area contributed by atoms with E-state index in [1.807, 2.05) is 6.07 Å². The van der Waals surface area contributed by atoms with Crippen LogP contribution in [0.3, 0.4) is 0 Å². The Morgan fingerprint density at radius 3 is 2.69 bits per heavy atom. The lowest BCUT2D eigenvalue weighted by Crippen LogP contribution is -2.34. The van der Waals surface area contributed by atoms with Crippen molar-refractivity contribution in [2.45, 2.75) is 31.8 Å². The quantitative estimate of drug-likeness (QED) is 0.896. The van der Waals surface area contributed by atoms with Crippen LogP contribution in [0.5, 0.6) is 0 Å². The van der Waals surface area contributed by atoms with Gasteiger partial charge in [0.25, 0.3) is 0 Å². The highest BCUT2D eigenvalue weighted by Crippen LogP contribution is 2.46. The molecule has 1 fully saturated rings. The van der Waals surface area contributed by atoms with Crippen LogP contribution in [0.15, 0.2) is 22.9 Å². The van der Waals surface area contributed by atoms with E-state index in [4.69, 9.17) is 5.73 Å². The summed E-state index contributed by atoms with van der Waals surface area (Å²) in [6, 6.07) is 1.92. The molecule has 1 atom stereocenters. The normalized spacial score (nSPS) is 20.9. The average Bonchev–Trinajstić information content (AvgIpc) is 2.78. The number of aliphatic hydroxyl groups is 1. The minimum Gasteiger partial charge on any atom is -0.388 e. The smallest absolute Gasteiger partial charge is 0.0873 e. The van der Waals surface area contributed by atoms with Crippen LogP contribution in [0.4, 0.5) is 0 Å². The number of hydrogen-bond acceptors (Lipinski definition) is 3. The van der Waals surface area contributed by atoms with Crippen molar-refractivity contribution in [2.75, 3.05) is 6.54 Å². The molecule has 0 aromatic carbocycles. The Balaban J connectivity index is 2.26. The molecular weight excluding hydrogens is 268 g/mol. The highest BCUT2D eigenvalue weighted by molar-refractivity contribution is 9.10. The van der Waals surface area contributed by atoms with Crippen LogP contribution in [0, 0.1) is 5.41 Å². The molecule has 4 heteroatoms. The van der Waals surface area contributed by atoms with Crippen LogP contribution < -0.4 is 5.73 Å². The summed E-state index contributed by atoms with van der Waals surface area (Å²) >= 11 is 3.37. The molecule has 3 N–H and O–H groups in total. The van der Waals surface area contributed by atoms with Crippen LogP contribution in [-0.2, 0) is 0 Å². The van der Waals surface area contributed by atoms with E-state index < -0.39 is 6.10 Å². The van der Waals surface area contributed by atoms with Crippen molar-refractivity contribution in [3.05, 3.63) is 28.5 Å². The Labute approximate surface area is 104 Å². The van der Waals surface area contributed by atoms with Gasteiger partial charge in [0.2, 0.25) is 0 Å². The SMILES string of the molecule is NCC1(C(O)c2cncc(Br)c2)CCCC1. The number of aromatic nitrogens is 1. The molecule has 0 saturated heterocycles. The maximum absolute atomic E-state index is 10.5. The van der Waals surface area contributed by atoms with Crippen LogP contribution in [0.2, 0.25) is 0 Å². The zero-order chi connectivity index (χ0) is 11.6. The van der Waals surface area contributed by atoms with E-state index >= 15 is 0 Å². The molecule has 0 amide bonds. The Morgan fingerprint density at radius 1 is 1.44 bits per heavy atom. The molecule has 0 aliphatic heterocycles. The minimum absolute atomic E-state index is 0.136. The summed E-state index contributed by atoms with van der Waals surface area (Å²) in [5.41, 5.74) is 6.58. The summed E-state index contributed by atoms with van der Waals surface area (Å²) in [4.78, 5) is 4.09. The van der Waals surface area contributed by atoms with Gasteiger partial charge in [0, 0.05) is 34.4 Å². The lowest BCUT2D eigenvalue weighted by Gasteiger charge is -2.33. The Kier molecular flexibility index (Phi) is 3.62. The number of nitrogens with two attached hydrogens (primary N) is 1. The van der Waals surface area contributed by atoms with Crippen molar-refractivity contribution in [3.8, 4) is 0 Å². The molecule has 1 unspecified atom stereocenters. The Bertz CT molecular complexity index is 364. The molecule has 2 rings (SSSR count). The van der Waals surface area contributed by atoms with Gasteiger partial charge in [-0.2, -0.15) is 0 Å². The second-order valence-corrected chi connectivity index (χ2v) is 5.53. The van der Waals surface area contributed by atoms with Gasteiger partial charge >= 0.3 is 0 Å². The third-order valence-electron chi connectivity index (χ3n) is 3.63. The Morgan fingerprint density at radius 2 is 2.12 bits per heavy atom. The molecule has 16 heavy (non-hydrogen) atoms. The molecule has 0 radical (unpaired) electrons. The Hall–Kier alpha value is -0.450. The summed E-state index contributed by atoms with van der Waals surface area (Å²) < 4.78 is 0.897. The second-order valence-electron chi connectivity index (χ2n) is 4.61. The van der Waals surface area contributed by atoms with E-state index in [2.05, 4.69) is 20.9 Å². The molecule has 3 nitrogen and oxygen atoms in total. The molecule has 1 aromatic heterocycles. The van der Waals surface area contributed by atoms with Crippen LogP contribution >= 0.6 is 15.9 Å². The molecule has 0 bridgehead atoms. The third kappa shape index (κ3) is 2.14. The largest absolute Gasteiger partial charge is 0.388 e. The summed E-state index contributed by atoms with van der Waals surface area (Å²) in [5.74, 6) is 0. The maximum Gasteiger partial charge on any atom is 0.0873 e. The summed E-state index contributed by atoms with van der Waals surface area (Å²) in [5, 5.41) is 10.5. The topological polar surface area (TPSA) is 59.1 Å². The van der Waals surface area contributed by atoms with Gasteiger partial charge in [-0.3, -0.25) is 4.98 Å². The first-order valence-electron chi connectivity index (χ1n) is 5.66. The van der Waals surface area contributed by atoms with Gasteiger partial charge in [-0.25, -0.2) is 0 Å². The summed E-state index contributed by atoms with van der Waals surface area (Å²) in [6.45, 7) is 0.542. The van der Waals surface area contributed by atoms with Gasteiger partial charge < -0.3 is 10.8 Å². The van der Waals surface area contributed by atoms with Gasteiger partial charge in [0.15, 0.2) is 0 Å². The average molecular weight is 285 g/mol. The van der Waals surface area contributed by atoms with Crippen molar-refractivity contribution >= 4 is 15.9 Å². The second kappa shape index (κ2) is 4.82. The zero-order valence-electron chi connectivity index (χ0n) is 9.19. The molecule has 1 saturated carbocycles. The lowest BCUT2D eigenvalue weighted by atomic mass is 9.78. The van der Waals surface area contributed by atoms with E-state index in [1.54, 1.807) is 12.4 Å². The molecule has 1 aliphatic rings. The first-order chi connectivity index (χ1) is 7.68. The van der Waals surface area contributed by atoms with Crippen molar-refractivity contribution in [1.82, 2.24) is 4.98 Å². The van der Waals surface area contributed by atoms with Crippen molar-refractivity contribution in [2.24, 2.45) is 11.1 Å². The van der Waals surface area contributed by atoms with Gasteiger partial charge in [0.05, 0.1) is 6.10 Å². The lowest BCUT2D eigenvalue weighted by molar-refractivity contribution is 0.0330. The van der Waals surface area contributed by atoms with Gasteiger partial charge in [0.1, 0.15) is 0 Å². The maximum atomic E-state index is 10.5. The highest BCUT2D eigenvalue weighted by Gasteiger charge is 2.40. The minimum atomic E-state index is -0.495. The van der Waals surface area contributed by atoms with Gasteiger partial charge in [-0.1, -0.05) is 12.8 Å². The van der Waals surface area contributed by atoms with Crippen LogP contribution in [0.25, 0.3) is 0 Å². The van der Waals surface area contributed by atoms with E-state index in [-0.39, 0.29) is 5.41 Å². The highest BCUT2D eigenvalue weighted by atomic mass is 79.9. The first kappa shape index (κ1) is 12.0. The molecule has 1 heterocycles. The van der Waals surface area contributed by atoms with E-state index in [1.165, 1.54) is 0 Å². The predicted octanol–water partition coefficient (Wildman–Crippen LogP) is 2.40. The fraction of sp³-hybridized carbons (Fsp3) is 0.583. The fourth-order valence-corrected chi connectivity index (χ4v) is 2.98. The number of nitrogens with zero attached hydrogens (tertiary/aromatic N) is 1. The van der Waals surface area contributed by atoms with E-state index in [0.717, 1.165) is 35.7 Å². The first-order valence-corrected chi connectivity index (χ1v) is 6.46. The van der Waals surface area contributed by atoms with Crippen molar-refractivity contribution < 1.29 is 5.11 Å². The predicted molar refractivity (Wildman–Crippen MR) is 66.9 cm³/mol. The number of pyridine rings is 1. The molecule has 88 valence electrons. The standard InChI is InChI=1S/C12H17BrN2O/c13-10-5-9(6-15-7-10)11(16)12(8-14)3-1-2-4-12/h5-7,11,16H,1-4,8,14H2. The third-order valence-corrected chi connectivity index (χ3v) is 4.06. The van der Waals surface area contributed by atoms with Crippen LogP contribution in [0.1, 0.15) is 37.4 Å². The van der Waals surface area contributed by atoms with Gasteiger partial charge in [-0.15, -0.1) is 0 Å². The van der Waals surface area contributed by atoms with Crippen molar-refractivity contribution in [3.63, 3.8) is 0 Å².